The van der Waals surface area contributed by atoms with Crippen molar-refractivity contribution in [2.45, 2.75) is 30.2 Å². The summed E-state index contributed by atoms with van der Waals surface area (Å²) >= 11 is 0. The average molecular weight is 466 g/mol. The summed E-state index contributed by atoms with van der Waals surface area (Å²) in [7, 11) is -6.16. The predicted molar refractivity (Wildman–Crippen MR) is 86.1 cm³/mol. The minimum atomic E-state index is -6.16. The zero-order valence-electron chi connectivity index (χ0n) is 14.7. The summed E-state index contributed by atoms with van der Waals surface area (Å²) in [5.41, 5.74) is -12.5. The lowest BCUT2D eigenvalue weighted by Crippen LogP contribution is -2.54. The second kappa shape index (κ2) is 7.36. The fourth-order valence-corrected chi connectivity index (χ4v) is 3.18. The van der Waals surface area contributed by atoms with Gasteiger partial charge in [-0.05, 0) is 30.2 Å². The number of hydrogen-bond donors (Lipinski definition) is 0. The first-order chi connectivity index (χ1) is 13.4. The molecule has 0 aromatic heterocycles. The molecular weight excluding hydrogens is 455 g/mol. The van der Waals surface area contributed by atoms with Crippen molar-refractivity contribution in [2.24, 2.45) is 0 Å². The fraction of sp³-hybridized carbons (Fsp3) is 0.294. The summed E-state index contributed by atoms with van der Waals surface area (Å²) < 4.78 is 146. The molecule has 0 saturated heterocycles. The van der Waals surface area contributed by atoms with Gasteiger partial charge in [0.25, 0.3) is 0 Å². The van der Waals surface area contributed by atoms with E-state index >= 15 is 0 Å². The van der Waals surface area contributed by atoms with E-state index in [1.165, 1.54) is 6.92 Å². The summed E-state index contributed by atoms with van der Waals surface area (Å²) in [6.45, 7) is 1.44. The standard InChI is InChI=1S/C17H11F9O3S/c1-10-2-4-11(5-3-10)14(15(18,19)20,16(21,22)23)12-6-8-13(9-7-12)29-30(27,28)17(24,25)26/h2-9H,1H3. The molecule has 2 aromatic rings. The molecule has 0 saturated carbocycles. The van der Waals surface area contributed by atoms with E-state index in [4.69, 9.17) is 0 Å². The van der Waals surface area contributed by atoms with Crippen LogP contribution in [0.2, 0.25) is 0 Å². The molecule has 30 heavy (non-hydrogen) atoms. The molecule has 0 unspecified atom stereocenters. The lowest BCUT2D eigenvalue weighted by Gasteiger charge is -2.38. The maximum absolute atomic E-state index is 13.9. The van der Waals surface area contributed by atoms with Crippen LogP contribution in [0.15, 0.2) is 48.5 Å². The summed E-state index contributed by atoms with van der Waals surface area (Å²) in [5, 5.41) is 0. The number of alkyl halides is 9. The Balaban J connectivity index is 2.68. The molecule has 0 aliphatic heterocycles. The Labute approximate surface area is 164 Å². The first-order valence-corrected chi connectivity index (χ1v) is 9.16. The van der Waals surface area contributed by atoms with Crippen molar-refractivity contribution in [3.8, 4) is 5.75 Å². The van der Waals surface area contributed by atoms with Crippen molar-refractivity contribution in [3.05, 3.63) is 65.2 Å². The van der Waals surface area contributed by atoms with Crippen molar-refractivity contribution < 1.29 is 52.1 Å². The molecule has 0 aliphatic carbocycles. The Morgan fingerprint density at radius 3 is 1.37 bits per heavy atom. The molecule has 2 rings (SSSR count). The summed E-state index contributed by atoms with van der Waals surface area (Å²) in [4.78, 5) is 0. The van der Waals surface area contributed by atoms with E-state index < -0.39 is 50.3 Å². The van der Waals surface area contributed by atoms with Gasteiger partial charge in [-0.1, -0.05) is 42.0 Å². The summed E-state index contributed by atoms with van der Waals surface area (Å²) in [5.74, 6) is -1.11. The maximum Gasteiger partial charge on any atom is 0.534 e. The minimum absolute atomic E-state index is 0.210. The third-order valence-electron chi connectivity index (χ3n) is 4.11. The molecule has 13 heteroatoms. The van der Waals surface area contributed by atoms with Crippen molar-refractivity contribution >= 4 is 10.1 Å². The molecule has 0 heterocycles. The Morgan fingerprint density at radius 1 is 0.667 bits per heavy atom. The molecule has 0 radical (unpaired) electrons. The van der Waals surface area contributed by atoms with E-state index in [0.717, 1.165) is 12.1 Å². The maximum atomic E-state index is 13.9. The van der Waals surface area contributed by atoms with Crippen LogP contribution in [0.4, 0.5) is 39.5 Å². The van der Waals surface area contributed by atoms with Gasteiger partial charge in [0.15, 0.2) is 0 Å². The lowest BCUT2D eigenvalue weighted by atomic mass is 9.73. The number of benzene rings is 2. The Bertz CT molecular complexity index is 973. The Kier molecular flexibility index (Phi) is 5.85. The quantitative estimate of drug-likeness (QED) is 0.333. The molecule has 0 spiro atoms. The topological polar surface area (TPSA) is 43.4 Å². The molecule has 3 nitrogen and oxygen atoms in total. The molecular formula is C17H11F9O3S. The van der Waals surface area contributed by atoms with Crippen molar-refractivity contribution in [1.29, 1.82) is 0 Å². The van der Waals surface area contributed by atoms with Gasteiger partial charge in [-0.25, -0.2) is 0 Å². The zero-order chi connectivity index (χ0) is 23.2. The molecule has 0 amide bonds. The van der Waals surface area contributed by atoms with E-state index in [2.05, 4.69) is 4.18 Å². The van der Waals surface area contributed by atoms with Crippen LogP contribution in [0.1, 0.15) is 16.7 Å². The monoisotopic (exact) mass is 466 g/mol. The van der Waals surface area contributed by atoms with Gasteiger partial charge in [0.05, 0.1) is 0 Å². The first kappa shape index (κ1) is 23.8. The van der Waals surface area contributed by atoms with Crippen LogP contribution in [0.25, 0.3) is 0 Å². The summed E-state index contributed by atoms with van der Waals surface area (Å²) in [6, 6.07) is 4.32. The van der Waals surface area contributed by atoms with Crippen LogP contribution in [0.5, 0.6) is 5.75 Å². The van der Waals surface area contributed by atoms with Gasteiger partial charge in [0, 0.05) is 0 Å². The van der Waals surface area contributed by atoms with Gasteiger partial charge < -0.3 is 4.18 Å². The number of hydrogen-bond acceptors (Lipinski definition) is 3. The highest BCUT2D eigenvalue weighted by Crippen LogP contribution is 2.56. The van der Waals surface area contributed by atoms with Crippen LogP contribution in [0, 0.1) is 6.92 Å². The predicted octanol–water partition coefficient (Wildman–Crippen LogP) is 5.63. The molecule has 0 N–H and O–H groups in total. The molecule has 0 bridgehead atoms. The molecule has 0 atom stereocenters. The third kappa shape index (κ3) is 4.07. The Hall–Kier alpha value is -2.44. The zero-order valence-corrected chi connectivity index (χ0v) is 15.5. The minimum Gasteiger partial charge on any atom is -0.376 e. The van der Waals surface area contributed by atoms with Gasteiger partial charge in [-0.15, -0.1) is 0 Å². The van der Waals surface area contributed by atoms with Crippen LogP contribution < -0.4 is 4.18 Å². The SMILES string of the molecule is Cc1ccc(C(c2ccc(OS(=O)(=O)C(F)(F)F)cc2)(C(F)(F)F)C(F)(F)F)cc1. The van der Waals surface area contributed by atoms with E-state index in [1.54, 1.807) is 0 Å². The number of rotatable bonds is 4. The highest BCUT2D eigenvalue weighted by Gasteiger charge is 2.72. The second-order valence-electron chi connectivity index (χ2n) is 6.12. The Morgan fingerprint density at radius 2 is 1.03 bits per heavy atom. The highest BCUT2D eigenvalue weighted by molar-refractivity contribution is 7.88. The van der Waals surface area contributed by atoms with Crippen molar-refractivity contribution in [1.82, 2.24) is 0 Å². The van der Waals surface area contributed by atoms with Crippen LogP contribution in [-0.2, 0) is 15.5 Å². The fourth-order valence-electron chi connectivity index (χ4n) is 2.72. The number of aryl methyl sites for hydroxylation is 1. The van der Waals surface area contributed by atoms with Gasteiger partial charge in [0.1, 0.15) is 5.75 Å². The molecule has 0 aliphatic rings. The van der Waals surface area contributed by atoms with E-state index in [1.807, 2.05) is 0 Å². The van der Waals surface area contributed by atoms with Gasteiger partial charge >= 0.3 is 28.0 Å². The third-order valence-corrected chi connectivity index (χ3v) is 5.09. The average Bonchev–Trinajstić information content (AvgIpc) is 2.55. The summed E-state index contributed by atoms with van der Waals surface area (Å²) in [6.07, 6.45) is -11.8. The highest BCUT2D eigenvalue weighted by atomic mass is 32.2. The van der Waals surface area contributed by atoms with Gasteiger partial charge in [-0.2, -0.15) is 47.9 Å². The van der Waals surface area contributed by atoms with Gasteiger partial charge in [0.2, 0.25) is 5.41 Å². The van der Waals surface area contributed by atoms with E-state index in [9.17, 15) is 47.9 Å². The van der Waals surface area contributed by atoms with E-state index in [0.29, 0.717) is 17.7 Å². The lowest BCUT2D eigenvalue weighted by molar-refractivity contribution is -0.288. The molecule has 2 aromatic carbocycles. The van der Waals surface area contributed by atoms with E-state index in [-0.39, 0.29) is 24.3 Å². The first-order valence-electron chi connectivity index (χ1n) is 7.75. The van der Waals surface area contributed by atoms with Crippen LogP contribution >= 0.6 is 0 Å². The second-order valence-corrected chi connectivity index (χ2v) is 7.66. The van der Waals surface area contributed by atoms with Crippen molar-refractivity contribution in [3.63, 3.8) is 0 Å². The molecule has 0 fully saturated rings. The number of halogens is 9. The van der Waals surface area contributed by atoms with Gasteiger partial charge in [-0.3, -0.25) is 0 Å². The van der Waals surface area contributed by atoms with Crippen LogP contribution in [0.3, 0.4) is 0 Å². The van der Waals surface area contributed by atoms with Crippen LogP contribution in [-0.4, -0.2) is 26.3 Å². The largest absolute Gasteiger partial charge is 0.534 e. The smallest absolute Gasteiger partial charge is 0.376 e. The van der Waals surface area contributed by atoms with Crippen molar-refractivity contribution in [2.75, 3.05) is 0 Å². The molecule has 166 valence electrons. The normalized spacial score (nSPS) is 13.9.